The van der Waals surface area contributed by atoms with Crippen LogP contribution in [0.2, 0.25) is 10.0 Å². The minimum atomic E-state index is -4.71. The first-order valence-corrected chi connectivity index (χ1v) is 9.20. The summed E-state index contributed by atoms with van der Waals surface area (Å²) in [6, 6.07) is 4.40. The van der Waals surface area contributed by atoms with Crippen molar-refractivity contribution < 1.29 is 31.3 Å². The Bertz CT molecular complexity index is 939. The summed E-state index contributed by atoms with van der Waals surface area (Å²) in [7, 11) is 2.86. The van der Waals surface area contributed by atoms with E-state index in [4.69, 9.17) is 27.9 Å². The Kier molecular flexibility index (Phi) is 6.92. The van der Waals surface area contributed by atoms with Crippen LogP contribution in [-0.4, -0.2) is 28.5 Å². The number of alkyl halides is 3. The lowest BCUT2D eigenvalue weighted by atomic mass is 10.2. The Morgan fingerprint density at radius 3 is 2.36 bits per heavy atom. The van der Waals surface area contributed by atoms with Crippen LogP contribution >= 0.6 is 23.2 Å². The maximum absolute atomic E-state index is 14.3. The molecule has 12 heteroatoms. The molecule has 2 rings (SSSR count). The molecular weight excluding hydrogens is 447 g/mol. The van der Waals surface area contributed by atoms with Gasteiger partial charge in [0.15, 0.2) is 11.2 Å². The van der Waals surface area contributed by atoms with Gasteiger partial charge < -0.3 is 4.74 Å². The van der Waals surface area contributed by atoms with Crippen molar-refractivity contribution in [2.45, 2.75) is 6.18 Å². The van der Waals surface area contributed by atoms with Gasteiger partial charge >= 0.3 is 6.18 Å². The van der Waals surface area contributed by atoms with Crippen molar-refractivity contribution in [2.75, 3.05) is 14.1 Å². The van der Waals surface area contributed by atoms with Gasteiger partial charge in [-0.25, -0.2) is 12.9 Å². The molecule has 2 aromatic rings. The number of rotatable bonds is 5. The molecular formula is C16H12Cl2F4N2O3S. The summed E-state index contributed by atoms with van der Waals surface area (Å²) in [6.45, 7) is 0. The molecule has 1 unspecified atom stereocenters. The van der Waals surface area contributed by atoms with Gasteiger partial charge in [0.2, 0.25) is 0 Å². The molecule has 0 radical (unpaired) electrons. The molecule has 28 heavy (non-hydrogen) atoms. The molecule has 0 saturated carbocycles. The van der Waals surface area contributed by atoms with Gasteiger partial charge in [0.25, 0.3) is 5.91 Å². The number of ether oxygens (including phenoxy) is 1. The summed E-state index contributed by atoms with van der Waals surface area (Å²) in [5, 5.41) is -0.774. The normalized spacial score (nSPS) is 12.8. The van der Waals surface area contributed by atoms with Crippen molar-refractivity contribution in [1.82, 2.24) is 9.03 Å². The van der Waals surface area contributed by atoms with E-state index in [2.05, 4.69) is 0 Å². The lowest BCUT2D eigenvalue weighted by Crippen LogP contribution is -2.34. The van der Waals surface area contributed by atoms with Crippen LogP contribution < -0.4 is 9.46 Å². The van der Waals surface area contributed by atoms with Crippen molar-refractivity contribution >= 4 is 40.3 Å². The smallest absolute Gasteiger partial charge is 0.417 e. The predicted molar refractivity (Wildman–Crippen MR) is 97.2 cm³/mol. The molecule has 0 heterocycles. The highest BCUT2D eigenvalue weighted by Crippen LogP contribution is 2.39. The van der Waals surface area contributed by atoms with Gasteiger partial charge in [-0.3, -0.25) is 9.52 Å². The van der Waals surface area contributed by atoms with Crippen LogP contribution in [0.25, 0.3) is 0 Å². The number of halogens is 6. The van der Waals surface area contributed by atoms with E-state index in [0.29, 0.717) is 6.07 Å². The fraction of sp³-hybridized carbons (Fsp3) is 0.188. The summed E-state index contributed by atoms with van der Waals surface area (Å²) >= 11 is 9.58. The Morgan fingerprint density at radius 1 is 1.14 bits per heavy atom. The minimum Gasteiger partial charge on any atom is -0.456 e. The Hall–Kier alpha value is -1.88. The summed E-state index contributed by atoms with van der Waals surface area (Å²) in [5.74, 6) is -2.68. The first-order chi connectivity index (χ1) is 12.9. The molecule has 0 aliphatic rings. The number of hydrogen-bond acceptors (Lipinski definition) is 3. The van der Waals surface area contributed by atoms with Crippen LogP contribution in [0.5, 0.6) is 11.5 Å². The van der Waals surface area contributed by atoms with E-state index >= 15 is 0 Å². The van der Waals surface area contributed by atoms with Crippen molar-refractivity contribution in [3.8, 4) is 11.5 Å². The first-order valence-electron chi connectivity index (χ1n) is 7.34. The summed E-state index contributed by atoms with van der Waals surface area (Å²) in [4.78, 5) is 12.0. The number of carbonyl (C=O) groups is 1. The van der Waals surface area contributed by atoms with Gasteiger partial charge in [-0.05, 0) is 24.3 Å². The van der Waals surface area contributed by atoms with Crippen molar-refractivity contribution in [3.05, 3.63) is 57.3 Å². The number of nitrogens with one attached hydrogen (secondary N) is 1. The topological polar surface area (TPSA) is 58.6 Å². The number of hydrogen-bond donors (Lipinski definition) is 1. The maximum atomic E-state index is 14.3. The molecule has 0 aliphatic carbocycles. The lowest BCUT2D eigenvalue weighted by Gasteiger charge is -2.14. The second kappa shape index (κ2) is 8.64. The van der Waals surface area contributed by atoms with Crippen LogP contribution in [0, 0.1) is 5.82 Å². The average Bonchev–Trinajstić information content (AvgIpc) is 2.58. The summed E-state index contributed by atoms with van der Waals surface area (Å²) < 4.78 is 73.0. The van der Waals surface area contributed by atoms with E-state index in [1.165, 1.54) is 18.4 Å². The fourth-order valence-corrected chi connectivity index (χ4v) is 2.80. The molecule has 1 amide bonds. The van der Waals surface area contributed by atoms with Gasteiger partial charge in [-0.1, -0.05) is 23.2 Å². The zero-order chi connectivity index (χ0) is 21.2. The lowest BCUT2D eigenvalue weighted by molar-refractivity contribution is -0.137. The molecule has 0 aromatic heterocycles. The van der Waals surface area contributed by atoms with Crippen LogP contribution in [0.3, 0.4) is 0 Å². The molecule has 1 atom stereocenters. The molecule has 152 valence electrons. The largest absolute Gasteiger partial charge is 0.456 e. The molecule has 0 fully saturated rings. The highest BCUT2D eigenvalue weighted by Gasteiger charge is 2.33. The van der Waals surface area contributed by atoms with Crippen LogP contribution in [-0.2, 0) is 17.3 Å². The second-order valence-electron chi connectivity index (χ2n) is 5.50. The van der Waals surface area contributed by atoms with Gasteiger partial charge in [-0.2, -0.15) is 13.2 Å². The van der Waals surface area contributed by atoms with Crippen LogP contribution in [0.15, 0.2) is 30.3 Å². The third-order valence-corrected chi connectivity index (χ3v) is 4.90. The zero-order valence-corrected chi connectivity index (χ0v) is 16.6. The van der Waals surface area contributed by atoms with Gasteiger partial charge in [0.1, 0.15) is 17.3 Å². The monoisotopic (exact) mass is 458 g/mol. The van der Waals surface area contributed by atoms with E-state index < -0.39 is 45.2 Å². The van der Waals surface area contributed by atoms with Crippen LogP contribution in [0.4, 0.5) is 17.6 Å². The van der Waals surface area contributed by atoms with Crippen LogP contribution in [0.1, 0.15) is 15.9 Å². The SMILES string of the molecule is CN(C)S(=O)NC(=O)c1cc(Cl)c(Oc2ccc(Cl)c(C(F)(F)F)c2)cc1F. The second-order valence-corrected chi connectivity index (χ2v) is 7.74. The molecule has 0 bridgehead atoms. The van der Waals surface area contributed by atoms with Crippen molar-refractivity contribution in [3.63, 3.8) is 0 Å². The highest BCUT2D eigenvalue weighted by atomic mass is 35.5. The zero-order valence-electron chi connectivity index (χ0n) is 14.2. The predicted octanol–water partition coefficient (Wildman–Crippen LogP) is 4.81. The number of nitrogens with zero attached hydrogens (tertiary/aromatic N) is 1. The Balaban J connectivity index is 2.31. The molecule has 5 nitrogen and oxygen atoms in total. The third kappa shape index (κ3) is 5.34. The average molecular weight is 459 g/mol. The van der Waals surface area contributed by atoms with Crippen molar-refractivity contribution in [1.29, 1.82) is 0 Å². The molecule has 2 aromatic carbocycles. The van der Waals surface area contributed by atoms with Gasteiger partial charge in [-0.15, -0.1) is 0 Å². The van der Waals surface area contributed by atoms with E-state index in [1.54, 1.807) is 0 Å². The maximum Gasteiger partial charge on any atom is 0.417 e. The van der Waals surface area contributed by atoms with E-state index in [0.717, 1.165) is 24.3 Å². The molecule has 1 N–H and O–H groups in total. The van der Waals surface area contributed by atoms with Crippen molar-refractivity contribution in [2.24, 2.45) is 0 Å². The Labute approximate surface area is 169 Å². The number of benzene rings is 2. The quantitative estimate of drug-likeness (QED) is 0.653. The number of amides is 1. The minimum absolute atomic E-state index is 0.245. The van der Waals surface area contributed by atoms with E-state index in [9.17, 15) is 26.6 Å². The third-order valence-electron chi connectivity index (χ3n) is 3.25. The van der Waals surface area contributed by atoms with Gasteiger partial charge in [0, 0.05) is 20.2 Å². The molecule has 0 saturated heterocycles. The Morgan fingerprint density at radius 2 is 1.79 bits per heavy atom. The first kappa shape index (κ1) is 22.4. The van der Waals surface area contributed by atoms with E-state index in [1.807, 2.05) is 4.72 Å². The van der Waals surface area contributed by atoms with Gasteiger partial charge in [0.05, 0.1) is 21.2 Å². The summed E-state index contributed by atoms with van der Waals surface area (Å²) in [5.41, 5.74) is -1.65. The fourth-order valence-electron chi connectivity index (χ4n) is 1.92. The highest BCUT2D eigenvalue weighted by molar-refractivity contribution is 7.81. The number of carbonyl (C=O) groups excluding carboxylic acids is 1. The molecule has 0 spiro atoms. The standard InChI is InChI=1S/C16H12Cl2F4N2O3S/c1-24(2)28(26)23-15(25)9-6-12(18)14(7-13(9)19)27-8-3-4-11(17)10(5-8)16(20,21)22/h3-7H,1-2H3,(H,23,25). The van der Waals surface area contributed by atoms with E-state index in [-0.39, 0.29) is 16.5 Å². The summed E-state index contributed by atoms with van der Waals surface area (Å²) in [6.07, 6.45) is -4.71. The molecule has 0 aliphatic heterocycles.